The molecule has 2 aliphatic heterocycles. The maximum Gasteiger partial charge on any atom is 0.263 e. The first kappa shape index (κ1) is 11.5. The topological polar surface area (TPSA) is 38.3 Å². The van der Waals surface area contributed by atoms with Gasteiger partial charge in [-0.1, -0.05) is 42.2 Å². The number of rotatable bonds is 1. The summed E-state index contributed by atoms with van der Waals surface area (Å²) in [6, 6.07) is 7.82. The molecule has 0 saturated carbocycles. The van der Waals surface area contributed by atoms with Gasteiger partial charge in [0.2, 0.25) is 0 Å². The number of hydrogen-bond acceptors (Lipinski definition) is 4. The van der Waals surface area contributed by atoms with Crippen LogP contribution in [0.3, 0.4) is 0 Å². The summed E-state index contributed by atoms with van der Waals surface area (Å²) in [6.45, 7) is 0.473. The first-order chi connectivity index (χ1) is 8.72. The molecule has 0 radical (unpaired) electrons. The highest BCUT2D eigenvalue weighted by atomic mass is 32.2. The molecular formula is C13H9NO2S2. The van der Waals surface area contributed by atoms with Gasteiger partial charge in [0.25, 0.3) is 5.91 Å². The average molecular weight is 275 g/mol. The van der Waals surface area contributed by atoms with Crippen molar-refractivity contribution in [1.29, 1.82) is 0 Å². The summed E-state index contributed by atoms with van der Waals surface area (Å²) in [6.07, 6.45) is 3.86. The zero-order valence-electron chi connectivity index (χ0n) is 9.30. The molecule has 0 spiro atoms. The fourth-order valence-electron chi connectivity index (χ4n) is 1.81. The number of nitrogens with one attached hydrogen (secondary N) is 1. The van der Waals surface area contributed by atoms with Crippen LogP contribution in [0.5, 0.6) is 5.75 Å². The first-order valence-corrected chi connectivity index (χ1v) is 6.62. The van der Waals surface area contributed by atoms with Gasteiger partial charge in [0.15, 0.2) is 0 Å². The molecule has 2 heterocycles. The van der Waals surface area contributed by atoms with Crippen molar-refractivity contribution in [1.82, 2.24) is 5.32 Å². The van der Waals surface area contributed by atoms with Gasteiger partial charge in [-0.05, 0) is 23.8 Å². The molecule has 2 aliphatic rings. The lowest BCUT2D eigenvalue weighted by Crippen LogP contribution is -2.18. The van der Waals surface area contributed by atoms with Crippen LogP contribution in [0, 0.1) is 0 Å². The number of thioether (sulfide) groups is 1. The van der Waals surface area contributed by atoms with Gasteiger partial charge in [-0.2, -0.15) is 0 Å². The molecule has 1 N–H and O–H groups in total. The lowest BCUT2D eigenvalue weighted by molar-refractivity contribution is -0.115. The molecule has 3 rings (SSSR count). The fraction of sp³-hybridized carbons (Fsp3) is 0.0769. The Morgan fingerprint density at radius 1 is 1.39 bits per heavy atom. The molecule has 90 valence electrons. The van der Waals surface area contributed by atoms with E-state index in [0.29, 0.717) is 15.8 Å². The first-order valence-electron chi connectivity index (χ1n) is 5.39. The molecule has 1 aromatic rings. The SMILES string of the molecule is O=C1NC(=S)S/C1=C/C1=Cc2ccccc2OC1. The number of carbonyl (C=O) groups is 1. The molecule has 0 unspecified atom stereocenters. The second kappa shape index (κ2) is 4.59. The van der Waals surface area contributed by atoms with Crippen molar-refractivity contribution in [3.05, 3.63) is 46.4 Å². The van der Waals surface area contributed by atoms with Gasteiger partial charge in [0.1, 0.15) is 16.7 Å². The van der Waals surface area contributed by atoms with E-state index in [1.54, 1.807) is 0 Å². The molecule has 0 aliphatic carbocycles. The van der Waals surface area contributed by atoms with Crippen molar-refractivity contribution in [2.75, 3.05) is 6.61 Å². The molecule has 18 heavy (non-hydrogen) atoms. The summed E-state index contributed by atoms with van der Waals surface area (Å²) >= 11 is 6.23. The molecular weight excluding hydrogens is 266 g/mol. The van der Waals surface area contributed by atoms with Crippen molar-refractivity contribution in [3.8, 4) is 5.75 Å². The van der Waals surface area contributed by atoms with Crippen molar-refractivity contribution < 1.29 is 9.53 Å². The number of amides is 1. The minimum atomic E-state index is -0.134. The summed E-state index contributed by atoms with van der Waals surface area (Å²) in [4.78, 5) is 12.2. The lowest BCUT2D eigenvalue weighted by Gasteiger charge is -2.15. The Kier molecular flexibility index (Phi) is 2.93. The number of benzene rings is 1. The van der Waals surface area contributed by atoms with Crippen LogP contribution in [0.15, 0.2) is 40.8 Å². The summed E-state index contributed by atoms with van der Waals surface area (Å²) in [5, 5.41) is 2.59. The van der Waals surface area contributed by atoms with Gasteiger partial charge in [-0.15, -0.1) is 0 Å². The standard InChI is InChI=1S/C13H9NO2S2/c15-12-11(18-13(17)14-12)6-8-5-9-3-1-2-4-10(9)16-7-8/h1-6H,7H2,(H,14,15,17)/b11-6+. The van der Waals surface area contributed by atoms with Crippen LogP contribution in [0.25, 0.3) is 6.08 Å². The van der Waals surface area contributed by atoms with Crippen LogP contribution in [0.4, 0.5) is 0 Å². The Balaban J connectivity index is 1.92. The van der Waals surface area contributed by atoms with Crippen LogP contribution in [0.2, 0.25) is 0 Å². The zero-order valence-corrected chi connectivity index (χ0v) is 10.9. The summed E-state index contributed by atoms with van der Waals surface area (Å²) in [5.74, 6) is 0.739. The van der Waals surface area contributed by atoms with E-state index in [1.165, 1.54) is 11.8 Å². The van der Waals surface area contributed by atoms with Crippen LogP contribution < -0.4 is 10.1 Å². The van der Waals surface area contributed by atoms with Gasteiger partial charge in [-0.3, -0.25) is 4.79 Å². The number of hydrogen-bond donors (Lipinski definition) is 1. The van der Waals surface area contributed by atoms with E-state index in [0.717, 1.165) is 16.9 Å². The lowest BCUT2D eigenvalue weighted by atomic mass is 10.1. The summed E-state index contributed by atoms with van der Waals surface area (Å²) in [7, 11) is 0. The largest absolute Gasteiger partial charge is 0.488 e. The third-order valence-corrected chi connectivity index (χ3v) is 3.78. The van der Waals surface area contributed by atoms with E-state index < -0.39 is 0 Å². The zero-order chi connectivity index (χ0) is 12.5. The van der Waals surface area contributed by atoms with E-state index in [1.807, 2.05) is 36.4 Å². The highest BCUT2D eigenvalue weighted by molar-refractivity contribution is 8.26. The van der Waals surface area contributed by atoms with Gasteiger partial charge in [0, 0.05) is 5.56 Å². The van der Waals surface area contributed by atoms with Crippen LogP contribution in [0.1, 0.15) is 5.56 Å². The molecule has 0 aromatic heterocycles. The highest BCUT2D eigenvalue weighted by Crippen LogP contribution is 2.29. The van der Waals surface area contributed by atoms with Crippen LogP contribution in [-0.4, -0.2) is 16.8 Å². The molecule has 0 bridgehead atoms. The molecule has 0 atom stereocenters. The van der Waals surface area contributed by atoms with Crippen LogP contribution in [-0.2, 0) is 4.79 Å². The van der Waals surface area contributed by atoms with Gasteiger partial charge in [-0.25, -0.2) is 0 Å². The molecule has 1 saturated heterocycles. The normalized spacial score (nSPS) is 20.2. The van der Waals surface area contributed by atoms with Gasteiger partial charge >= 0.3 is 0 Å². The van der Waals surface area contributed by atoms with Crippen molar-refractivity contribution in [3.63, 3.8) is 0 Å². The molecule has 1 aromatic carbocycles. The second-order valence-electron chi connectivity index (χ2n) is 3.90. The number of carbonyl (C=O) groups excluding carboxylic acids is 1. The number of fused-ring (bicyclic) bond motifs is 1. The third kappa shape index (κ3) is 2.19. The van der Waals surface area contributed by atoms with E-state index in [-0.39, 0.29) is 5.91 Å². The number of ether oxygens (including phenoxy) is 1. The van der Waals surface area contributed by atoms with Crippen molar-refractivity contribution in [2.45, 2.75) is 0 Å². The molecule has 5 heteroatoms. The second-order valence-corrected chi connectivity index (χ2v) is 5.62. The summed E-state index contributed by atoms with van der Waals surface area (Å²) < 4.78 is 6.13. The van der Waals surface area contributed by atoms with E-state index >= 15 is 0 Å². The Hall–Kier alpha value is -1.59. The van der Waals surface area contributed by atoms with E-state index in [4.69, 9.17) is 17.0 Å². The van der Waals surface area contributed by atoms with E-state index in [9.17, 15) is 4.79 Å². The predicted octanol–water partition coefficient (Wildman–Crippen LogP) is 2.49. The minimum Gasteiger partial charge on any atom is -0.488 e. The number of para-hydroxylation sites is 1. The van der Waals surface area contributed by atoms with Gasteiger partial charge < -0.3 is 10.1 Å². The Labute approximate surface area is 114 Å². The Morgan fingerprint density at radius 3 is 3.00 bits per heavy atom. The number of thiocarbonyl (C=S) groups is 1. The maximum atomic E-state index is 11.5. The van der Waals surface area contributed by atoms with Crippen LogP contribution >= 0.6 is 24.0 Å². The Morgan fingerprint density at radius 2 is 2.22 bits per heavy atom. The maximum absolute atomic E-state index is 11.5. The van der Waals surface area contributed by atoms with Crippen molar-refractivity contribution >= 4 is 40.3 Å². The van der Waals surface area contributed by atoms with Gasteiger partial charge in [0.05, 0.1) is 4.91 Å². The Bertz CT molecular complexity index is 605. The average Bonchev–Trinajstić information content (AvgIpc) is 2.68. The summed E-state index contributed by atoms with van der Waals surface area (Å²) in [5.41, 5.74) is 2.00. The minimum absolute atomic E-state index is 0.134. The fourth-order valence-corrected chi connectivity index (χ4v) is 2.87. The smallest absolute Gasteiger partial charge is 0.263 e. The molecule has 1 fully saturated rings. The van der Waals surface area contributed by atoms with Crippen molar-refractivity contribution in [2.24, 2.45) is 0 Å². The monoisotopic (exact) mass is 275 g/mol. The predicted molar refractivity (Wildman–Crippen MR) is 76.3 cm³/mol. The quantitative estimate of drug-likeness (QED) is 0.631. The molecule has 3 nitrogen and oxygen atoms in total. The highest BCUT2D eigenvalue weighted by Gasteiger charge is 2.22. The third-order valence-electron chi connectivity index (χ3n) is 2.61. The van der Waals surface area contributed by atoms with E-state index in [2.05, 4.69) is 5.32 Å². The molecule has 1 amide bonds.